The van der Waals surface area contributed by atoms with Gasteiger partial charge in [0.2, 0.25) is 0 Å². The monoisotopic (exact) mass is 318 g/mol. The molecule has 0 saturated carbocycles. The van der Waals surface area contributed by atoms with Crippen LogP contribution in [0.25, 0.3) is 22.2 Å². The summed E-state index contributed by atoms with van der Waals surface area (Å²) in [7, 11) is 0. The normalized spacial score (nSPS) is 10.6. The van der Waals surface area contributed by atoms with Crippen molar-refractivity contribution in [3.63, 3.8) is 0 Å². The Hall–Kier alpha value is -3.24. The number of fused-ring (bicyclic) bond motifs is 1. The zero-order chi connectivity index (χ0) is 15.6. The minimum absolute atomic E-state index is 0.546. The summed E-state index contributed by atoms with van der Waals surface area (Å²) in [5.74, 6) is 0.700. The number of anilines is 2. The molecule has 3 heterocycles. The number of rotatable bonds is 3. The number of thiazole rings is 1. The minimum atomic E-state index is 0.546. The van der Waals surface area contributed by atoms with Gasteiger partial charge in [-0.2, -0.15) is 10.4 Å². The highest BCUT2D eigenvalue weighted by molar-refractivity contribution is 7.13. The molecule has 0 bridgehead atoms. The summed E-state index contributed by atoms with van der Waals surface area (Å²) in [6.07, 6.45) is 3.42. The number of nitriles is 1. The third-order valence-corrected chi connectivity index (χ3v) is 4.11. The van der Waals surface area contributed by atoms with Crippen LogP contribution in [0, 0.1) is 11.3 Å². The SMILES string of the molecule is N#Cc1cccnc1-c1ccc2[nH]nc(Nc3nccs3)c2c1. The van der Waals surface area contributed by atoms with E-state index in [1.807, 2.05) is 23.6 Å². The fraction of sp³-hybridized carbons (Fsp3) is 0. The van der Waals surface area contributed by atoms with Gasteiger partial charge in [0.1, 0.15) is 6.07 Å². The van der Waals surface area contributed by atoms with Crippen LogP contribution in [0.2, 0.25) is 0 Å². The third kappa shape index (κ3) is 2.41. The lowest BCUT2D eigenvalue weighted by molar-refractivity contribution is 1.12. The molecule has 0 fully saturated rings. The summed E-state index contributed by atoms with van der Waals surface area (Å²) in [6.45, 7) is 0. The van der Waals surface area contributed by atoms with Crippen LogP contribution in [-0.4, -0.2) is 20.2 Å². The number of aromatic nitrogens is 4. The van der Waals surface area contributed by atoms with E-state index in [2.05, 4.69) is 31.6 Å². The largest absolute Gasteiger partial charge is 0.314 e. The fourth-order valence-electron chi connectivity index (χ4n) is 2.37. The second-order valence-electron chi connectivity index (χ2n) is 4.81. The maximum atomic E-state index is 9.25. The zero-order valence-corrected chi connectivity index (χ0v) is 12.6. The van der Waals surface area contributed by atoms with Gasteiger partial charge in [-0.3, -0.25) is 10.1 Å². The number of H-pyrrole nitrogens is 1. The molecule has 23 heavy (non-hydrogen) atoms. The Labute approximate surface area is 135 Å². The number of aromatic amines is 1. The van der Waals surface area contributed by atoms with Gasteiger partial charge >= 0.3 is 0 Å². The number of nitrogens with one attached hydrogen (secondary N) is 2. The molecule has 0 aliphatic carbocycles. The smallest absolute Gasteiger partial charge is 0.188 e. The average molecular weight is 318 g/mol. The van der Waals surface area contributed by atoms with Crippen molar-refractivity contribution in [3.8, 4) is 17.3 Å². The number of benzene rings is 1. The molecular weight excluding hydrogens is 308 g/mol. The van der Waals surface area contributed by atoms with Gasteiger partial charge in [0.25, 0.3) is 0 Å². The van der Waals surface area contributed by atoms with Crippen molar-refractivity contribution in [2.24, 2.45) is 0 Å². The van der Waals surface area contributed by atoms with E-state index < -0.39 is 0 Å². The van der Waals surface area contributed by atoms with Crippen LogP contribution in [0.1, 0.15) is 5.56 Å². The summed E-state index contributed by atoms with van der Waals surface area (Å²) in [5.41, 5.74) is 2.99. The number of hydrogen-bond donors (Lipinski definition) is 2. The first-order valence-corrected chi connectivity index (χ1v) is 7.73. The third-order valence-electron chi connectivity index (χ3n) is 3.42. The molecule has 6 nitrogen and oxygen atoms in total. The van der Waals surface area contributed by atoms with Crippen LogP contribution in [-0.2, 0) is 0 Å². The lowest BCUT2D eigenvalue weighted by Crippen LogP contribution is -1.91. The molecule has 2 N–H and O–H groups in total. The van der Waals surface area contributed by atoms with Gasteiger partial charge in [-0.1, -0.05) is 6.07 Å². The van der Waals surface area contributed by atoms with E-state index >= 15 is 0 Å². The summed E-state index contributed by atoms with van der Waals surface area (Å²) in [4.78, 5) is 8.54. The second-order valence-corrected chi connectivity index (χ2v) is 5.70. The summed E-state index contributed by atoms with van der Waals surface area (Å²) >= 11 is 1.50. The van der Waals surface area contributed by atoms with E-state index in [0.717, 1.165) is 21.6 Å². The zero-order valence-electron chi connectivity index (χ0n) is 11.8. The summed E-state index contributed by atoms with van der Waals surface area (Å²) in [5, 5.41) is 23.3. The van der Waals surface area contributed by atoms with Gasteiger partial charge in [-0.25, -0.2) is 4.98 Å². The van der Waals surface area contributed by atoms with Gasteiger partial charge in [-0.15, -0.1) is 11.3 Å². The average Bonchev–Trinajstić information content (AvgIpc) is 3.25. The van der Waals surface area contributed by atoms with E-state index in [1.54, 1.807) is 24.5 Å². The highest BCUT2D eigenvalue weighted by atomic mass is 32.1. The van der Waals surface area contributed by atoms with Crippen molar-refractivity contribution in [3.05, 3.63) is 53.7 Å². The summed E-state index contributed by atoms with van der Waals surface area (Å²) < 4.78 is 0. The molecular formula is C16H10N6S. The molecule has 0 radical (unpaired) electrons. The minimum Gasteiger partial charge on any atom is -0.314 e. The molecule has 4 aromatic rings. The lowest BCUT2D eigenvalue weighted by atomic mass is 10.0. The van der Waals surface area contributed by atoms with Crippen molar-refractivity contribution in [2.45, 2.75) is 0 Å². The predicted octanol–water partition coefficient (Wildman–Crippen LogP) is 3.70. The van der Waals surface area contributed by atoms with Crippen LogP contribution in [0.5, 0.6) is 0 Å². The maximum Gasteiger partial charge on any atom is 0.188 e. The van der Waals surface area contributed by atoms with Gasteiger partial charge in [0.05, 0.1) is 16.8 Å². The van der Waals surface area contributed by atoms with E-state index in [9.17, 15) is 5.26 Å². The van der Waals surface area contributed by atoms with E-state index in [-0.39, 0.29) is 0 Å². The molecule has 0 amide bonds. The molecule has 4 rings (SSSR count). The molecule has 110 valence electrons. The number of nitrogens with zero attached hydrogens (tertiary/aromatic N) is 4. The standard InChI is InChI=1S/C16H10N6S/c17-9-11-2-1-5-18-14(11)10-3-4-13-12(8-10)15(22-21-13)20-16-19-6-7-23-16/h1-8H,(H2,19,20,21,22). The van der Waals surface area contributed by atoms with Gasteiger partial charge < -0.3 is 5.32 Å². The highest BCUT2D eigenvalue weighted by Gasteiger charge is 2.11. The first-order valence-electron chi connectivity index (χ1n) is 6.85. The van der Waals surface area contributed by atoms with Gasteiger partial charge in [0, 0.05) is 28.7 Å². The topological polar surface area (TPSA) is 90.3 Å². The molecule has 7 heteroatoms. The molecule has 0 atom stereocenters. The molecule has 3 aromatic heterocycles. The molecule has 0 unspecified atom stereocenters. The number of pyridine rings is 1. The first kappa shape index (κ1) is 13.4. The van der Waals surface area contributed by atoms with Crippen LogP contribution < -0.4 is 5.32 Å². The quantitative estimate of drug-likeness (QED) is 0.601. The van der Waals surface area contributed by atoms with E-state index in [1.165, 1.54) is 11.3 Å². The predicted molar refractivity (Wildman–Crippen MR) is 89.4 cm³/mol. The van der Waals surface area contributed by atoms with Crippen molar-refractivity contribution < 1.29 is 0 Å². The number of hydrogen-bond acceptors (Lipinski definition) is 6. The first-order chi connectivity index (χ1) is 11.3. The Balaban J connectivity index is 1.82. The summed E-state index contributed by atoms with van der Waals surface area (Å²) in [6, 6.07) is 11.5. The molecule has 0 aliphatic heterocycles. The Kier molecular flexibility index (Phi) is 3.22. The van der Waals surface area contributed by atoms with Crippen molar-refractivity contribution in [2.75, 3.05) is 5.32 Å². The second kappa shape index (κ2) is 5.51. The van der Waals surface area contributed by atoms with Gasteiger partial charge in [0.15, 0.2) is 10.9 Å². The lowest BCUT2D eigenvalue weighted by Gasteiger charge is -2.04. The maximum absolute atomic E-state index is 9.25. The Morgan fingerprint density at radius 1 is 1.17 bits per heavy atom. The van der Waals surface area contributed by atoms with Crippen molar-refractivity contribution in [1.82, 2.24) is 20.2 Å². The fourth-order valence-corrected chi connectivity index (χ4v) is 2.90. The molecule has 0 spiro atoms. The Morgan fingerprint density at radius 3 is 2.96 bits per heavy atom. The Morgan fingerprint density at radius 2 is 2.13 bits per heavy atom. The van der Waals surface area contributed by atoms with Crippen LogP contribution in [0.4, 0.5) is 10.9 Å². The van der Waals surface area contributed by atoms with Gasteiger partial charge in [-0.05, 0) is 24.3 Å². The highest BCUT2D eigenvalue weighted by Crippen LogP contribution is 2.29. The van der Waals surface area contributed by atoms with Crippen LogP contribution in [0.15, 0.2) is 48.1 Å². The van der Waals surface area contributed by atoms with Crippen molar-refractivity contribution >= 4 is 33.2 Å². The van der Waals surface area contributed by atoms with Crippen LogP contribution >= 0.6 is 11.3 Å². The molecule has 0 aliphatic rings. The van der Waals surface area contributed by atoms with Crippen molar-refractivity contribution in [1.29, 1.82) is 5.26 Å². The van der Waals surface area contributed by atoms with Crippen LogP contribution in [0.3, 0.4) is 0 Å². The Bertz CT molecular complexity index is 1010. The molecule has 0 saturated heterocycles. The molecule has 1 aromatic carbocycles. The van der Waals surface area contributed by atoms with E-state index in [4.69, 9.17) is 0 Å². The van der Waals surface area contributed by atoms with E-state index in [0.29, 0.717) is 17.1 Å².